The molecule has 0 aliphatic carbocycles. The first-order valence-electron chi connectivity index (χ1n) is 12.6. The summed E-state index contributed by atoms with van der Waals surface area (Å²) in [5, 5.41) is 18.0. The van der Waals surface area contributed by atoms with Crippen LogP contribution in [0.25, 0.3) is 0 Å². The Morgan fingerprint density at radius 1 is 1.13 bits per heavy atom. The third-order valence-corrected chi connectivity index (χ3v) is 6.24. The quantitative estimate of drug-likeness (QED) is 0.435. The van der Waals surface area contributed by atoms with Crippen molar-refractivity contribution in [1.29, 1.82) is 0 Å². The van der Waals surface area contributed by atoms with E-state index in [0.717, 1.165) is 0 Å². The highest BCUT2D eigenvalue weighted by molar-refractivity contribution is 5.99. The minimum Gasteiger partial charge on any atom is -0.487 e. The summed E-state index contributed by atoms with van der Waals surface area (Å²) in [4.78, 5) is 41.5. The average molecular weight is 530 g/mol. The molecule has 0 aromatic heterocycles. The van der Waals surface area contributed by atoms with Gasteiger partial charge in [-0.3, -0.25) is 4.79 Å². The van der Waals surface area contributed by atoms with Crippen molar-refractivity contribution >= 4 is 29.3 Å². The van der Waals surface area contributed by atoms with Gasteiger partial charge in [-0.25, -0.2) is 14.0 Å². The fourth-order valence-corrected chi connectivity index (χ4v) is 4.05. The molecule has 0 saturated heterocycles. The summed E-state index contributed by atoms with van der Waals surface area (Å²) in [6, 6.07) is 8.93. The summed E-state index contributed by atoms with van der Waals surface area (Å²) in [7, 11) is 1.62. The van der Waals surface area contributed by atoms with E-state index in [4.69, 9.17) is 4.74 Å². The van der Waals surface area contributed by atoms with E-state index in [9.17, 15) is 23.9 Å². The SMILES string of the molecule is CC(C)NC(=O)Nc1ccc2c(c1)C(=O)N([C@@H](C)CO)C[C@@H](C)[C@@H](CN(C)C(=O)Nc1ccc(F)cc1)O2. The summed E-state index contributed by atoms with van der Waals surface area (Å²) < 4.78 is 19.5. The van der Waals surface area contributed by atoms with Gasteiger partial charge in [-0.2, -0.15) is 0 Å². The maximum Gasteiger partial charge on any atom is 0.321 e. The van der Waals surface area contributed by atoms with Crippen molar-refractivity contribution in [3.05, 3.63) is 53.8 Å². The van der Waals surface area contributed by atoms with Crippen molar-refractivity contribution in [2.45, 2.75) is 45.9 Å². The first-order valence-corrected chi connectivity index (χ1v) is 12.6. The van der Waals surface area contributed by atoms with Gasteiger partial charge in [-0.15, -0.1) is 0 Å². The van der Waals surface area contributed by atoms with E-state index in [2.05, 4.69) is 16.0 Å². The van der Waals surface area contributed by atoms with Crippen LogP contribution in [0.15, 0.2) is 42.5 Å². The fraction of sp³-hybridized carbons (Fsp3) is 0.444. The van der Waals surface area contributed by atoms with Crippen molar-refractivity contribution in [2.75, 3.05) is 37.4 Å². The van der Waals surface area contributed by atoms with Gasteiger partial charge in [0.2, 0.25) is 0 Å². The molecule has 3 rings (SSSR count). The molecule has 2 aromatic carbocycles. The van der Waals surface area contributed by atoms with E-state index < -0.39 is 30.0 Å². The number of likely N-dealkylation sites (N-methyl/N-ethyl adjacent to an activating group) is 1. The van der Waals surface area contributed by atoms with Gasteiger partial charge in [0.05, 0.1) is 24.8 Å². The van der Waals surface area contributed by atoms with Gasteiger partial charge in [0.1, 0.15) is 17.7 Å². The van der Waals surface area contributed by atoms with E-state index in [1.165, 1.54) is 29.2 Å². The number of ether oxygens (including phenoxy) is 1. The van der Waals surface area contributed by atoms with Crippen molar-refractivity contribution in [3.63, 3.8) is 0 Å². The number of carbonyl (C=O) groups is 3. The number of hydrogen-bond acceptors (Lipinski definition) is 5. The van der Waals surface area contributed by atoms with Crippen molar-refractivity contribution < 1.29 is 28.6 Å². The van der Waals surface area contributed by atoms with E-state index in [-0.39, 0.29) is 43.1 Å². The number of carbonyl (C=O) groups excluding carboxylic acids is 3. The molecule has 2 aromatic rings. The van der Waals surface area contributed by atoms with Gasteiger partial charge in [0.25, 0.3) is 5.91 Å². The Hall–Kier alpha value is -3.86. The molecule has 0 saturated carbocycles. The van der Waals surface area contributed by atoms with Gasteiger partial charge < -0.3 is 35.6 Å². The highest BCUT2D eigenvalue weighted by Crippen LogP contribution is 2.30. The first kappa shape index (κ1) is 28.7. The number of nitrogens with zero attached hydrogens (tertiary/aromatic N) is 2. The molecule has 10 nitrogen and oxygen atoms in total. The zero-order chi connectivity index (χ0) is 28.0. The van der Waals surface area contributed by atoms with E-state index >= 15 is 0 Å². The predicted octanol–water partition coefficient (Wildman–Crippen LogP) is 3.74. The Bertz CT molecular complexity index is 1140. The number of benzene rings is 2. The van der Waals surface area contributed by atoms with E-state index in [1.54, 1.807) is 37.1 Å². The minimum atomic E-state index is -0.498. The lowest BCUT2D eigenvalue weighted by Crippen LogP contribution is -2.50. The average Bonchev–Trinajstić information content (AvgIpc) is 2.86. The molecule has 0 unspecified atom stereocenters. The smallest absolute Gasteiger partial charge is 0.321 e. The molecular weight excluding hydrogens is 493 g/mol. The van der Waals surface area contributed by atoms with Crippen LogP contribution < -0.4 is 20.7 Å². The van der Waals surface area contributed by atoms with Gasteiger partial charge >= 0.3 is 12.1 Å². The molecule has 11 heteroatoms. The summed E-state index contributed by atoms with van der Waals surface area (Å²) in [6.45, 7) is 7.59. The first-order chi connectivity index (χ1) is 18.0. The Balaban J connectivity index is 1.85. The second kappa shape index (κ2) is 12.6. The topological polar surface area (TPSA) is 123 Å². The lowest BCUT2D eigenvalue weighted by molar-refractivity contribution is 0.0371. The summed E-state index contributed by atoms with van der Waals surface area (Å²) >= 11 is 0. The third kappa shape index (κ3) is 7.34. The lowest BCUT2D eigenvalue weighted by Gasteiger charge is -2.38. The second-order valence-corrected chi connectivity index (χ2v) is 9.90. The molecule has 38 heavy (non-hydrogen) atoms. The summed E-state index contributed by atoms with van der Waals surface area (Å²) in [6.07, 6.45) is -0.498. The summed E-state index contributed by atoms with van der Waals surface area (Å²) in [5.74, 6) is -0.621. The molecule has 0 spiro atoms. The van der Waals surface area contributed by atoms with Gasteiger partial charge in [-0.1, -0.05) is 6.92 Å². The molecule has 4 N–H and O–H groups in total. The zero-order valence-corrected chi connectivity index (χ0v) is 22.3. The third-order valence-electron chi connectivity index (χ3n) is 6.24. The molecule has 5 amide bonds. The summed E-state index contributed by atoms with van der Waals surface area (Å²) in [5.41, 5.74) is 1.11. The van der Waals surface area contributed by atoms with Crippen molar-refractivity contribution in [3.8, 4) is 5.75 Å². The number of amides is 5. The molecule has 0 bridgehead atoms. The van der Waals surface area contributed by atoms with E-state index in [1.807, 2.05) is 20.8 Å². The highest BCUT2D eigenvalue weighted by Gasteiger charge is 2.34. The van der Waals surface area contributed by atoms with Crippen molar-refractivity contribution in [1.82, 2.24) is 15.1 Å². The largest absolute Gasteiger partial charge is 0.487 e. The Kier molecular flexibility index (Phi) is 9.51. The zero-order valence-electron chi connectivity index (χ0n) is 22.3. The maximum absolute atomic E-state index is 13.5. The van der Waals surface area contributed by atoms with E-state index in [0.29, 0.717) is 17.1 Å². The van der Waals surface area contributed by atoms with Gasteiger partial charge in [-0.05, 0) is 63.2 Å². The van der Waals surface area contributed by atoms with Crippen LogP contribution in [0.2, 0.25) is 0 Å². The molecule has 3 atom stereocenters. The standard InChI is InChI=1S/C27H36FN5O5/c1-16(2)29-26(36)30-21-10-11-23-22(12-21)25(35)33(18(4)15-34)13-17(3)24(38-23)14-32(5)27(37)31-20-8-6-19(28)7-9-20/h6-12,16-18,24,34H,13-15H2,1-5H3,(H,31,37)(H2,29,30,36)/t17-,18+,24-/m1/s1. The molecule has 1 aliphatic rings. The number of rotatable bonds is 7. The normalized spacial score (nSPS) is 18.0. The van der Waals surface area contributed by atoms with Crippen LogP contribution in [-0.4, -0.2) is 77.8 Å². The maximum atomic E-state index is 13.5. The van der Waals surface area contributed by atoms with Crippen LogP contribution in [0.4, 0.5) is 25.4 Å². The number of anilines is 2. The molecule has 206 valence electrons. The van der Waals surface area contributed by atoms with Crippen molar-refractivity contribution in [2.24, 2.45) is 5.92 Å². The Morgan fingerprint density at radius 3 is 2.42 bits per heavy atom. The number of halogens is 1. The highest BCUT2D eigenvalue weighted by atomic mass is 19.1. The molecular formula is C27H36FN5O5. The number of hydrogen-bond donors (Lipinski definition) is 4. The predicted molar refractivity (Wildman–Crippen MR) is 143 cm³/mol. The lowest BCUT2D eigenvalue weighted by atomic mass is 9.99. The number of aliphatic hydroxyl groups is 1. The minimum absolute atomic E-state index is 0.0651. The monoisotopic (exact) mass is 529 g/mol. The molecule has 1 heterocycles. The van der Waals surface area contributed by atoms with Gasteiger partial charge in [0, 0.05) is 36.9 Å². The van der Waals surface area contributed by atoms with Gasteiger partial charge in [0.15, 0.2) is 0 Å². The van der Waals surface area contributed by atoms with Crippen LogP contribution in [-0.2, 0) is 0 Å². The Labute approximate surface area is 222 Å². The fourth-order valence-electron chi connectivity index (χ4n) is 4.05. The Morgan fingerprint density at radius 2 is 1.79 bits per heavy atom. The van der Waals surface area contributed by atoms with Crippen LogP contribution in [0.1, 0.15) is 38.1 Å². The number of nitrogens with one attached hydrogen (secondary N) is 3. The molecule has 0 fully saturated rings. The second-order valence-electron chi connectivity index (χ2n) is 9.90. The van der Waals surface area contributed by atoms with Crippen LogP contribution in [0.5, 0.6) is 5.75 Å². The molecule has 0 radical (unpaired) electrons. The van der Waals surface area contributed by atoms with Crippen LogP contribution in [0.3, 0.4) is 0 Å². The van der Waals surface area contributed by atoms with Crippen LogP contribution >= 0.6 is 0 Å². The van der Waals surface area contributed by atoms with Crippen LogP contribution in [0, 0.1) is 11.7 Å². The number of fused-ring (bicyclic) bond motifs is 1. The number of urea groups is 2. The molecule has 1 aliphatic heterocycles. The number of aliphatic hydroxyl groups excluding tert-OH is 1.